The largest absolute Gasteiger partial charge is 0.451 e. The number of alkyl halides is 3. The Morgan fingerprint density at radius 2 is 2.00 bits per heavy atom. The third-order valence-electron chi connectivity index (χ3n) is 2.00. The molecule has 0 saturated heterocycles. The molecule has 2 heterocycles. The molecule has 0 aliphatic rings. The summed E-state index contributed by atoms with van der Waals surface area (Å²) in [7, 11) is 0. The molecule has 0 saturated carbocycles. The fourth-order valence-electron chi connectivity index (χ4n) is 1.24. The molecule has 2 aromatic heterocycles. The minimum Gasteiger partial charge on any atom is -0.251 e. The average molecular weight is 260 g/mol. The monoisotopic (exact) mass is 259 g/mol. The van der Waals surface area contributed by atoms with Crippen LogP contribution in [0.3, 0.4) is 0 Å². The van der Waals surface area contributed by atoms with Gasteiger partial charge in [0.2, 0.25) is 5.82 Å². The fraction of sp³-hybridized carbons (Fsp3) is 0.100. The van der Waals surface area contributed by atoms with Crippen LogP contribution in [0.15, 0.2) is 18.8 Å². The van der Waals surface area contributed by atoms with E-state index in [2.05, 4.69) is 21.5 Å². The van der Waals surface area contributed by atoms with Gasteiger partial charge < -0.3 is 0 Å². The zero-order valence-electron chi connectivity index (χ0n) is 8.29. The van der Waals surface area contributed by atoms with Gasteiger partial charge in [-0.1, -0.05) is 24.3 Å². The van der Waals surface area contributed by atoms with Gasteiger partial charge in [-0.2, -0.15) is 13.2 Å². The predicted molar refractivity (Wildman–Crippen MR) is 57.4 cm³/mol. The van der Waals surface area contributed by atoms with Crippen molar-refractivity contribution in [1.29, 1.82) is 0 Å². The van der Waals surface area contributed by atoms with Gasteiger partial charge in [-0.05, 0) is 11.6 Å². The molecule has 3 nitrogen and oxygen atoms in total. The first-order valence-corrected chi connectivity index (χ1v) is 4.82. The van der Waals surface area contributed by atoms with Crippen molar-refractivity contribution in [3.05, 3.63) is 35.4 Å². The first kappa shape index (κ1) is 11.8. The molecule has 0 aliphatic heterocycles. The first-order chi connectivity index (χ1) is 7.91. The maximum atomic E-state index is 12.5. The molecular formula is C10H5ClF3N3. The summed E-state index contributed by atoms with van der Waals surface area (Å²) in [4.78, 5) is 10.4. The topological polar surface area (TPSA) is 38.7 Å². The Hall–Kier alpha value is -1.69. The molecule has 0 aromatic carbocycles. The van der Waals surface area contributed by atoms with E-state index in [1.54, 1.807) is 0 Å². The van der Waals surface area contributed by atoms with E-state index in [4.69, 9.17) is 11.6 Å². The van der Waals surface area contributed by atoms with Gasteiger partial charge in [-0.25, -0.2) is 9.97 Å². The van der Waals surface area contributed by atoms with Crippen LogP contribution in [0.2, 0.25) is 5.15 Å². The summed E-state index contributed by atoms with van der Waals surface area (Å²) < 4.78 is 37.4. The zero-order chi connectivity index (χ0) is 12.6. The molecule has 0 fully saturated rings. The maximum Gasteiger partial charge on any atom is 0.451 e. The molecule has 0 amide bonds. The lowest BCUT2D eigenvalue weighted by Crippen LogP contribution is -2.11. The predicted octanol–water partition coefficient (Wildman–Crippen LogP) is 3.34. The Bertz CT molecular complexity index is 595. The Balaban J connectivity index is 2.74. The first-order valence-electron chi connectivity index (χ1n) is 4.45. The van der Waals surface area contributed by atoms with Crippen LogP contribution in [0, 0.1) is 0 Å². The fourth-order valence-corrected chi connectivity index (χ4v) is 1.46. The molecule has 0 aliphatic carbocycles. The van der Waals surface area contributed by atoms with Gasteiger partial charge in [0.05, 0.1) is 5.52 Å². The summed E-state index contributed by atoms with van der Waals surface area (Å²) in [6.45, 7) is 3.49. The van der Waals surface area contributed by atoms with Gasteiger partial charge in [0, 0.05) is 6.20 Å². The lowest BCUT2D eigenvalue weighted by atomic mass is 10.2. The Kier molecular flexibility index (Phi) is 2.74. The number of fused-ring (bicyclic) bond motifs is 1. The van der Waals surface area contributed by atoms with E-state index in [1.165, 1.54) is 18.3 Å². The number of rotatable bonds is 1. The molecule has 0 radical (unpaired) electrons. The number of hydrogen-bond donors (Lipinski definition) is 0. The van der Waals surface area contributed by atoms with Crippen LogP contribution in [-0.4, -0.2) is 15.0 Å². The van der Waals surface area contributed by atoms with E-state index >= 15 is 0 Å². The van der Waals surface area contributed by atoms with E-state index in [1.807, 2.05) is 0 Å². The summed E-state index contributed by atoms with van der Waals surface area (Å²) in [5.74, 6) is -1.28. The highest BCUT2D eigenvalue weighted by molar-refractivity contribution is 6.33. The van der Waals surface area contributed by atoms with E-state index in [9.17, 15) is 13.2 Å². The molecule has 0 spiro atoms. The van der Waals surface area contributed by atoms with Gasteiger partial charge >= 0.3 is 6.18 Å². The second-order valence-corrected chi connectivity index (χ2v) is 3.53. The second kappa shape index (κ2) is 3.96. The van der Waals surface area contributed by atoms with Crippen molar-refractivity contribution >= 4 is 28.7 Å². The molecule has 0 N–H and O–H groups in total. The highest BCUT2D eigenvalue weighted by Crippen LogP contribution is 2.29. The van der Waals surface area contributed by atoms with E-state index < -0.39 is 12.0 Å². The normalized spacial score (nSPS) is 11.8. The maximum absolute atomic E-state index is 12.5. The van der Waals surface area contributed by atoms with Crippen LogP contribution in [0.25, 0.3) is 17.1 Å². The molecule has 0 unspecified atom stereocenters. The van der Waals surface area contributed by atoms with Crippen molar-refractivity contribution in [3.63, 3.8) is 0 Å². The lowest BCUT2D eigenvalue weighted by Gasteiger charge is -2.07. The number of nitrogens with zero attached hydrogens (tertiary/aromatic N) is 3. The molecule has 0 bridgehead atoms. The van der Waals surface area contributed by atoms with Crippen molar-refractivity contribution in [2.24, 2.45) is 0 Å². The van der Waals surface area contributed by atoms with Crippen molar-refractivity contribution in [1.82, 2.24) is 15.0 Å². The third-order valence-corrected chi connectivity index (χ3v) is 2.27. The standard InChI is InChI=1S/C10H5ClF3N3/c1-2-5-3-6-7(15-4-5)8(11)17-9(16-6)10(12,13)14/h2-4H,1H2. The summed E-state index contributed by atoms with van der Waals surface area (Å²) in [6, 6.07) is 1.41. The van der Waals surface area contributed by atoms with Gasteiger partial charge in [0.15, 0.2) is 5.15 Å². The molecule has 2 rings (SSSR count). The SMILES string of the molecule is C=Cc1cnc2c(Cl)nc(C(F)(F)F)nc2c1. The molecule has 88 valence electrons. The van der Waals surface area contributed by atoms with Gasteiger partial charge in [-0.15, -0.1) is 0 Å². The van der Waals surface area contributed by atoms with Crippen LogP contribution < -0.4 is 0 Å². The van der Waals surface area contributed by atoms with E-state index in [0.717, 1.165) is 0 Å². The second-order valence-electron chi connectivity index (χ2n) is 3.18. The van der Waals surface area contributed by atoms with Crippen molar-refractivity contribution in [2.45, 2.75) is 6.18 Å². The van der Waals surface area contributed by atoms with Crippen LogP contribution >= 0.6 is 11.6 Å². The van der Waals surface area contributed by atoms with Gasteiger partial charge in [-0.3, -0.25) is 4.98 Å². The number of aromatic nitrogens is 3. The summed E-state index contributed by atoms with van der Waals surface area (Å²) in [6.07, 6.45) is -1.75. The third kappa shape index (κ3) is 2.21. The Labute approximate surface area is 99.0 Å². The molecule has 0 atom stereocenters. The zero-order valence-corrected chi connectivity index (χ0v) is 9.05. The van der Waals surface area contributed by atoms with Crippen molar-refractivity contribution < 1.29 is 13.2 Å². The highest BCUT2D eigenvalue weighted by Gasteiger charge is 2.35. The van der Waals surface area contributed by atoms with E-state index in [0.29, 0.717) is 5.56 Å². The van der Waals surface area contributed by atoms with Crippen LogP contribution in [0.5, 0.6) is 0 Å². The summed E-state index contributed by atoms with van der Waals surface area (Å²) in [5, 5.41) is -0.321. The van der Waals surface area contributed by atoms with Crippen LogP contribution in [0.4, 0.5) is 13.2 Å². The summed E-state index contributed by atoms with van der Waals surface area (Å²) in [5.41, 5.74) is 0.723. The molecule has 2 aromatic rings. The smallest absolute Gasteiger partial charge is 0.251 e. The Morgan fingerprint density at radius 1 is 1.29 bits per heavy atom. The molecule has 17 heavy (non-hydrogen) atoms. The van der Waals surface area contributed by atoms with E-state index in [-0.39, 0.29) is 16.2 Å². The highest BCUT2D eigenvalue weighted by atomic mass is 35.5. The van der Waals surface area contributed by atoms with Crippen LogP contribution in [-0.2, 0) is 6.18 Å². The van der Waals surface area contributed by atoms with Gasteiger partial charge in [0.1, 0.15) is 5.52 Å². The summed E-state index contributed by atoms with van der Waals surface area (Å²) >= 11 is 5.62. The lowest BCUT2D eigenvalue weighted by molar-refractivity contribution is -0.144. The average Bonchev–Trinajstić information content (AvgIpc) is 2.27. The molecule has 7 heteroatoms. The number of hydrogen-bond acceptors (Lipinski definition) is 3. The molecular weight excluding hydrogens is 255 g/mol. The van der Waals surface area contributed by atoms with Crippen molar-refractivity contribution in [2.75, 3.05) is 0 Å². The number of pyridine rings is 1. The van der Waals surface area contributed by atoms with Gasteiger partial charge in [0.25, 0.3) is 0 Å². The quantitative estimate of drug-likeness (QED) is 0.737. The Morgan fingerprint density at radius 3 is 2.59 bits per heavy atom. The minimum absolute atomic E-state index is 0.0368. The minimum atomic E-state index is -4.64. The number of halogens is 4. The van der Waals surface area contributed by atoms with Crippen molar-refractivity contribution in [3.8, 4) is 0 Å². The van der Waals surface area contributed by atoms with Crippen LogP contribution in [0.1, 0.15) is 11.4 Å².